The number of benzene rings is 2. The van der Waals surface area contributed by atoms with Gasteiger partial charge < -0.3 is 24.3 Å². The number of ether oxygens (including phenoxy) is 4. The highest BCUT2D eigenvalue weighted by atomic mass is 35.5. The Morgan fingerprint density at radius 1 is 1.00 bits per heavy atom. The van der Waals surface area contributed by atoms with Gasteiger partial charge in [-0.05, 0) is 20.8 Å². The van der Waals surface area contributed by atoms with Gasteiger partial charge in [0.25, 0.3) is 5.91 Å². The van der Waals surface area contributed by atoms with Crippen LogP contribution in [0.15, 0.2) is 34.5 Å². The van der Waals surface area contributed by atoms with Gasteiger partial charge in [-0.1, -0.05) is 23.2 Å². The molecule has 0 bridgehead atoms. The Morgan fingerprint density at radius 2 is 1.61 bits per heavy atom. The molecule has 0 saturated carbocycles. The van der Waals surface area contributed by atoms with E-state index in [1.165, 1.54) is 33.3 Å². The number of azo groups is 1. The molecule has 0 aliphatic carbocycles. The summed E-state index contributed by atoms with van der Waals surface area (Å²) in [7, 11) is 2.85. The second kappa shape index (κ2) is 12.3. The third-order valence-corrected chi connectivity index (χ3v) is 4.72. The van der Waals surface area contributed by atoms with Crippen LogP contribution >= 0.6 is 23.2 Å². The Hall–Kier alpha value is -3.04. The molecule has 0 saturated heterocycles. The van der Waals surface area contributed by atoms with E-state index in [1.54, 1.807) is 26.0 Å². The van der Waals surface area contributed by atoms with E-state index in [4.69, 9.17) is 42.1 Å². The van der Waals surface area contributed by atoms with Crippen molar-refractivity contribution in [1.29, 1.82) is 0 Å². The normalized spacial score (nSPS) is 11.7. The number of Topliss-reactive ketones (excluding diaryl/α,β-unsaturated/α-hetero) is 1. The van der Waals surface area contributed by atoms with E-state index in [2.05, 4.69) is 15.5 Å². The number of carbonyl (C=O) groups is 2. The van der Waals surface area contributed by atoms with Crippen molar-refractivity contribution in [2.75, 3.05) is 32.8 Å². The minimum atomic E-state index is -1.46. The molecule has 0 spiro atoms. The summed E-state index contributed by atoms with van der Waals surface area (Å²) >= 11 is 12.3. The van der Waals surface area contributed by atoms with Crippen LogP contribution in [0.5, 0.6) is 23.0 Å². The third kappa shape index (κ3) is 6.72. The Labute approximate surface area is 202 Å². The molecule has 2 aromatic carbocycles. The van der Waals surface area contributed by atoms with Crippen LogP contribution in [0.2, 0.25) is 10.0 Å². The number of carbonyl (C=O) groups excluding carboxylic acids is 2. The van der Waals surface area contributed by atoms with Crippen molar-refractivity contribution in [2.45, 2.75) is 26.8 Å². The van der Waals surface area contributed by atoms with Gasteiger partial charge in [-0.25, -0.2) is 0 Å². The number of amides is 1. The summed E-state index contributed by atoms with van der Waals surface area (Å²) < 4.78 is 21.6. The fourth-order valence-corrected chi connectivity index (χ4v) is 3.29. The van der Waals surface area contributed by atoms with Crippen LogP contribution in [0.4, 0.5) is 11.4 Å². The molecule has 1 atom stereocenters. The predicted octanol–water partition coefficient (Wildman–Crippen LogP) is 5.49. The first-order valence-electron chi connectivity index (χ1n) is 9.98. The van der Waals surface area contributed by atoms with E-state index in [0.717, 1.165) is 0 Å². The Kier molecular flexibility index (Phi) is 9.74. The van der Waals surface area contributed by atoms with Gasteiger partial charge in [0.05, 0.1) is 38.1 Å². The van der Waals surface area contributed by atoms with Crippen LogP contribution < -0.4 is 24.3 Å². The van der Waals surface area contributed by atoms with Crippen LogP contribution in [-0.2, 0) is 9.59 Å². The molecule has 0 aromatic heterocycles. The highest BCUT2D eigenvalue weighted by molar-refractivity contribution is 6.33. The number of ketones is 1. The summed E-state index contributed by atoms with van der Waals surface area (Å²) in [5.74, 6) is -0.0591. The standard InChI is InChI=1S/C22H25Cl2N3O6/c1-6-32-17-8-13(23)9-18(33-7-2)20(17)27-26-19(12(3)28)22(29)25-16-11-14(30-4)10-15(24)21(16)31-5/h8-11,19H,6-7H2,1-5H3,(H,25,29). The van der Waals surface area contributed by atoms with Crippen molar-refractivity contribution < 1.29 is 28.5 Å². The Bertz CT molecular complexity index is 1020. The number of methoxy groups -OCH3 is 2. The fraction of sp³-hybridized carbons (Fsp3) is 0.364. The molecule has 1 amide bonds. The summed E-state index contributed by atoms with van der Waals surface area (Å²) in [5, 5.41) is 11.3. The monoisotopic (exact) mass is 497 g/mol. The second-order valence-corrected chi connectivity index (χ2v) is 7.37. The molecule has 0 aliphatic rings. The number of halogens is 2. The number of rotatable bonds is 11. The molecule has 2 rings (SSSR count). The summed E-state index contributed by atoms with van der Waals surface area (Å²) in [5.41, 5.74) is 0.425. The van der Waals surface area contributed by atoms with Gasteiger partial charge in [0.15, 0.2) is 28.7 Å². The molecule has 0 fully saturated rings. The number of nitrogens with zero attached hydrogens (tertiary/aromatic N) is 2. The lowest BCUT2D eigenvalue weighted by molar-refractivity contribution is -0.126. The molecule has 1 N–H and O–H groups in total. The van der Waals surface area contributed by atoms with Crippen LogP contribution in [-0.4, -0.2) is 45.2 Å². The molecule has 178 valence electrons. The topological polar surface area (TPSA) is 108 Å². The fourth-order valence-electron chi connectivity index (χ4n) is 2.80. The maximum atomic E-state index is 12.9. The first-order chi connectivity index (χ1) is 15.7. The average Bonchev–Trinajstić information content (AvgIpc) is 2.75. The zero-order valence-corrected chi connectivity index (χ0v) is 20.4. The lowest BCUT2D eigenvalue weighted by Gasteiger charge is -2.15. The highest BCUT2D eigenvalue weighted by Crippen LogP contribution is 2.41. The van der Waals surface area contributed by atoms with Gasteiger partial charge in [-0.2, -0.15) is 5.11 Å². The first kappa shape index (κ1) is 26.2. The van der Waals surface area contributed by atoms with Crippen molar-refractivity contribution in [2.24, 2.45) is 10.2 Å². The van der Waals surface area contributed by atoms with Gasteiger partial charge in [-0.3, -0.25) is 9.59 Å². The van der Waals surface area contributed by atoms with Gasteiger partial charge in [0.2, 0.25) is 6.04 Å². The first-order valence-corrected chi connectivity index (χ1v) is 10.7. The van der Waals surface area contributed by atoms with Crippen molar-refractivity contribution in [3.05, 3.63) is 34.3 Å². The maximum absolute atomic E-state index is 12.9. The minimum Gasteiger partial charge on any atom is -0.497 e. The van der Waals surface area contributed by atoms with Crippen molar-refractivity contribution in [1.82, 2.24) is 0 Å². The van der Waals surface area contributed by atoms with Gasteiger partial charge in [0, 0.05) is 29.3 Å². The highest BCUT2D eigenvalue weighted by Gasteiger charge is 2.26. The third-order valence-electron chi connectivity index (χ3n) is 4.23. The molecule has 11 heteroatoms. The SMILES string of the molecule is CCOc1cc(Cl)cc(OCC)c1N=NC(C(C)=O)C(=O)Nc1cc(OC)cc(Cl)c1OC. The zero-order valence-electron chi connectivity index (χ0n) is 18.9. The summed E-state index contributed by atoms with van der Waals surface area (Å²) in [6.45, 7) is 5.48. The van der Waals surface area contributed by atoms with E-state index in [0.29, 0.717) is 35.5 Å². The Balaban J connectivity index is 2.42. The lowest BCUT2D eigenvalue weighted by atomic mass is 10.2. The van der Waals surface area contributed by atoms with Crippen molar-refractivity contribution in [3.63, 3.8) is 0 Å². The summed E-state index contributed by atoms with van der Waals surface area (Å²) in [6.07, 6.45) is 0. The molecule has 9 nitrogen and oxygen atoms in total. The minimum absolute atomic E-state index is 0.208. The molecular weight excluding hydrogens is 473 g/mol. The molecule has 2 aromatic rings. The number of nitrogens with one attached hydrogen (secondary N) is 1. The lowest BCUT2D eigenvalue weighted by Crippen LogP contribution is -2.32. The molecule has 0 aliphatic heterocycles. The summed E-state index contributed by atoms with van der Waals surface area (Å²) in [4.78, 5) is 25.2. The smallest absolute Gasteiger partial charge is 0.258 e. The summed E-state index contributed by atoms with van der Waals surface area (Å²) in [6, 6.07) is 4.68. The predicted molar refractivity (Wildman–Crippen MR) is 126 cm³/mol. The van der Waals surface area contributed by atoms with Gasteiger partial charge in [-0.15, -0.1) is 5.11 Å². The van der Waals surface area contributed by atoms with E-state index in [-0.39, 0.29) is 22.1 Å². The van der Waals surface area contributed by atoms with Crippen LogP contribution in [0.3, 0.4) is 0 Å². The average molecular weight is 498 g/mol. The van der Waals surface area contributed by atoms with Crippen LogP contribution in [0.1, 0.15) is 20.8 Å². The van der Waals surface area contributed by atoms with Crippen molar-refractivity contribution in [3.8, 4) is 23.0 Å². The van der Waals surface area contributed by atoms with E-state index < -0.39 is 17.7 Å². The zero-order chi connectivity index (χ0) is 24.5. The second-order valence-electron chi connectivity index (χ2n) is 6.52. The Morgan fingerprint density at radius 3 is 2.09 bits per heavy atom. The number of hydrogen-bond donors (Lipinski definition) is 1. The number of anilines is 1. The van der Waals surface area contributed by atoms with Crippen LogP contribution in [0, 0.1) is 0 Å². The van der Waals surface area contributed by atoms with E-state index in [9.17, 15) is 9.59 Å². The van der Waals surface area contributed by atoms with Crippen molar-refractivity contribution >= 4 is 46.3 Å². The van der Waals surface area contributed by atoms with Gasteiger partial charge >= 0.3 is 0 Å². The number of hydrogen-bond acceptors (Lipinski definition) is 8. The molecule has 0 heterocycles. The maximum Gasteiger partial charge on any atom is 0.258 e. The van der Waals surface area contributed by atoms with Crippen LogP contribution in [0.25, 0.3) is 0 Å². The molecule has 33 heavy (non-hydrogen) atoms. The van der Waals surface area contributed by atoms with Gasteiger partial charge in [0.1, 0.15) is 5.75 Å². The largest absolute Gasteiger partial charge is 0.497 e. The van der Waals surface area contributed by atoms with E-state index >= 15 is 0 Å². The molecule has 1 unspecified atom stereocenters. The molecule has 0 radical (unpaired) electrons. The molecular formula is C22H25Cl2N3O6. The van der Waals surface area contributed by atoms with E-state index in [1.807, 2.05) is 0 Å². The quantitative estimate of drug-likeness (QED) is 0.324.